The molecular weight excluding hydrogens is 430 g/mol. The van der Waals surface area contributed by atoms with E-state index < -0.39 is 23.5 Å². The van der Waals surface area contributed by atoms with E-state index in [-0.39, 0.29) is 34.7 Å². The van der Waals surface area contributed by atoms with Crippen molar-refractivity contribution in [2.24, 2.45) is 5.92 Å². The Morgan fingerprint density at radius 2 is 1.70 bits per heavy atom. The lowest BCUT2D eigenvalue weighted by Crippen LogP contribution is -2.62. The van der Waals surface area contributed by atoms with Gasteiger partial charge in [0.15, 0.2) is 10.2 Å². The summed E-state index contributed by atoms with van der Waals surface area (Å²) in [6.07, 6.45) is -0.0521. The molecule has 2 rings (SSSR count). The zero-order valence-corrected chi connectivity index (χ0v) is 18.9. The van der Waals surface area contributed by atoms with Crippen LogP contribution in [0.1, 0.15) is 25.0 Å². The Balaban J connectivity index is 2.43. The minimum Gasteiger partial charge on any atom is -0.497 e. The standard InChI is InChI=1S/C20H25NO7S2/c1-12(22)29-10-16(11-30-13(2)23)18(24)21-9-14-5-6-17(27-3)7-15(14)8-20(21,28-4)19(25)26/h5-7,16H,8-11H2,1-4H3,(H,25,26). The molecule has 1 aromatic carbocycles. The van der Waals surface area contributed by atoms with Crippen molar-refractivity contribution in [3.8, 4) is 5.75 Å². The van der Waals surface area contributed by atoms with E-state index in [1.807, 2.05) is 0 Å². The van der Waals surface area contributed by atoms with E-state index in [1.165, 1.54) is 33.0 Å². The van der Waals surface area contributed by atoms with Crippen LogP contribution in [0.2, 0.25) is 0 Å². The van der Waals surface area contributed by atoms with E-state index >= 15 is 0 Å². The van der Waals surface area contributed by atoms with Gasteiger partial charge in [-0.2, -0.15) is 0 Å². The third kappa shape index (κ3) is 5.35. The molecule has 10 heteroatoms. The molecule has 0 radical (unpaired) electrons. The number of carboxylic acid groups (broad SMARTS) is 1. The smallest absolute Gasteiger partial charge is 0.358 e. The number of nitrogens with zero attached hydrogens (tertiary/aromatic N) is 1. The Morgan fingerprint density at radius 3 is 2.17 bits per heavy atom. The highest BCUT2D eigenvalue weighted by Gasteiger charge is 2.51. The minimum atomic E-state index is -1.89. The van der Waals surface area contributed by atoms with E-state index in [4.69, 9.17) is 9.47 Å². The zero-order chi connectivity index (χ0) is 22.5. The number of aliphatic carboxylic acids is 1. The number of fused-ring (bicyclic) bond motifs is 1. The third-order valence-electron chi connectivity index (χ3n) is 4.87. The molecule has 0 fully saturated rings. The van der Waals surface area contributed by atoms with Crippen LogP contribution in [0.25, 0.3) is 0 Å². The number of thioether (sulfide) groups is 2. The first-order valence-corrected chi connectivity index (χ1v) is 11.1. The number of carbonyl (C=O) groups excluding carboxylic acids is 3. The van der Waals surface area contributed by atoms with Gasteiger partial charge in [0.25, 0.3) is 0 Å². The first-order chi connectivity index (χ1) is 14.1. The molecule has 1 unspecified atom stereocenters. The van der Waals surface area contributed by atoms with E-state index in [0.29, 0.717) is 5.75 Å². The van der Waals surface area contributed by atoms with Gasteiger partial charge in [-0.15, -0.1) is 0 Å². The van der Waals surface area contributed by atoms with Crippen LogP contribution in [0.5, 0.6) is 5.75 Å². The molecule has 1 heterocycles. The fourth-order valence-corrected chi connectivity index (χ4v) is 4.81. The number of hydrogen-bond donors (Lipinski definition) is 1. The Hall–Kier alpha value is -2.04. The van der Waals surface area contributed by atoms with Crippen LogP contribution in [-0.4, -0.2) is 63.6 Å². The van der Waals surface area contributed by atoms with Crippen molar-refractivity contribution in [3.63, 3.8) is 0 Å². The molecule has 0 aliphatic carbocycles. The second kappa shape index (κ2) is 10.3. The summed E-state index contributed by atoms with van der Waals surface area (Å²) in [6.45, 7) is 2.82. The Kier molecular flexibility index (Phi) is 8.34. The highest BCUT2D eigenvalue weighted by Crippen LogP contribution is 2.36. The number of carbonyl (C=O) groups is 4. The van der Waals surface area contributed by atoms with Crippen molar-refractivity contribution in [2.45, 2.75) is 32.5 Å². The van der Waals surface area contributed by atoms with Crippen LogP contribution in [-0.2, 0) is 36.9 Å². The number of benzene rings is 1. The van der Waals surface area contributed by atoms with Gasteiger partial charge in [-0.05, 0) is 23.3 Å². The summed E-state index contributed by atoms with van der Waals surface area (Å²) in [5.74, 6) is -1.59. The molecule has 0 saturated heterocycles. The van der Waals surface area contributed by atoms with Crippen LogP contribution < -0.4 is 4.74 Å². The van der Waals surface area contributed by atoms with Crippen molar-refractivity contribution >= 4 is 45.6 Å². The first kappa shape index (κ1) is 24.2. The zero-order valence-electron chi connectivity index (χ0n) is 17.3. The molecule has 164 valence electrons. The molecule has 0 saturated carbocycles. The van der Waals surface area contributed by atoms with Gasteiger partial charge in [0.2, 0.25) is 11.6 Å². The molecule has 1 aromatic rings. The summed E-state index contributed by atoms with van der Waals surface area (Å²) in [4.78, 5) is 49.8. The van der Waals surface area contributed by atoms with Crippen LogP contribution in [0, 0.1) is 5.92 Å². The van der Waals surface area contributed by atoms with Gasteiger partial charge < -0.3 is 14.6 Å². The summed E-state index contributed by atoms with van der Waals surface area (Å²) in [6, 6.07) is 5.28. The van der Waals surface area contributed by atoms with Crippen LogP contribution in [0.15, 0.2) is 18.2 Å². The molecule has 1 aliphatic rings. The van der Waals surface area contributed by atoms with Gasteiger partial charge in [0.05, 0.1) is 13.0 Å². The van der Waals surface area contributed by atoms with Crippen molar-refractivity contribution in [1.29, 1.82) is 0 Å². The van der Waals surface area contributed by atoms with Crippen molar-refractivity contribution < 1.29 is 33.8 Å². The number of ether oxygens (including phenoxy) is 2. The van der Waals surface area contributed by atoms with Crippen LogP contribution in [0.4, 0.5) is 0 Å². The molecule has 1 aliphatic heterocycles. The molecule has 1 amide bonds. The normalized spacial score (nSPS) is 18.1. The SMILES string of the molecule is COc1ccc2c(c1)CC(OC)(C(=O)O)N(C(=O)C(CSC(C)=O)CSC(C)=O)C2. The molecular formula is C20H25NO7S2. The summed E-state index contributed by atoms with van der Waals surface area (Å²) in [5.41, 5.74) is -0.387. The lowest BCUT2D eigenvalue weighted by atomic mass is 9.89. The molecule has 0 aromatic heterocycles. The maximum atomic E-state index is 13.4. The summed E-state index contributed by atoms with van der Waals surface area (Å²) < 4.78 is 10.6. The van der Waals surface area contributed by atoms with Crippen LogP contribution >= 0.6 is 23.5 Å². The summed E-state index contributed by atoms with van der Waals surface area (Å²) in [5, 5.41) is 9.69. The van der Waals surface area contributed by atoms with Gasteiger partial charge in [-0.1, -0.05) is 29.6 Å². The van der Waals surface area contributed by atoms with Crippen LogP contribution in [0.3, 0.4) is 0 Å². The number of rotatable bonds is 8. The average Bonchev–Trinajstić information content (AvgIpc) is 2.71. The number of carboxylic acids is 1. The molecule has 1 atom stereocenters. The second-order valence-electron chi connectivity index (χ2n) is 6.83. The van der Waals surface area contributed by atoms with Gasteiger partial charge in [-0.3, -0.25) is 19.3 Å². The lowest BCUT2D eigenvalue weighted by molar-refractivity contribution is -0.200. The number of hydrogen-bond acceptors (Lipinski definition) is 8. The van der Waals surface area contributed by atoms with Crippen molar-refractivity contribution in [1.82, 2.24) is 4.90 Å². The molecule has 0 spiro atoms. The minimum absolute atomic E-state index is 0.0320. The first-order valence-electron chi connectivity index (χ1n) is 9.17. The molecule has 30 heavy (non-hydrogen) atoms. The van der Waals surface area contributed by atoms with E-state index in [1.54, 1.807) is 18.2 Å². The van der Waals surface area contributed by atoms with Gasteiger partial charge in [0, 0.05) is 45.4 Å². The predicted octanol–water partition coefficient (Wildman–Crippen LogP) is 2.18. The van der Waals surface area contributed by atoms with Gasteiger partial charge in [0.1, 0.15) is 5.75 Å². The Morgan fingerprint density at radius 1 is 1.10 bits per heavy atom. The molecule has 8 nitrogen and oxygen atoms in total. The van der Waals surface area contributed by atoms with Crippen molar-refractivity contribution in [2.75, 3.05) is 25.7 Å². The Bertz CT molecular complexity index is 826. The Labute approximate surface area is 183 Å². The highest BCUT2D eigenvalue weighted by molar-refractivity contribution is 8.14. The molecule has 0 bridgehead atoms. The van der Waals surface area contributed by atoms with E-state index in [0.717, 1.165) is 34.7 Å². The van der Waals surface area contributed by atoms with Gasteiger partial charge >= 0.3 is 5.97 Å². The van der Waals surface area contributed by atoms with Crippen molar-refractivity contribution in [3.05, 3.63) is 29.3 Å². The summed E-state index contributed by atoms with van der Waals surface area (Å²) in [7, 11) is 2.77. The van der Waals surface area contributed by atoms with E-state index in [2.05, 4.69) is 0 Å². The lowest BCUT2D eigenvalue weighted by Gasteiger charge is -2.44. The highest BCUT2D eigenvalue weighted by atomic mass is 32.2. The quantitative estimate of drug-likeness (QED) is 0.630. The largest absolute Gasteiger partial charge is 0.497 e. The average molecular weight is 456 g/mol. The second-order valence-corrected chi connectivity index (χ2v) is 9.23. The fourth-order valence-electron chi connectivity index (χ4n) is 3.26. The molecule has 1 N–H and O–H groups in total. The fraction of sp³-hybridized carbons (Fsp3) is 0.500. The maximum absolute atomic E-state index is 13.4. The number of methoxy groups -OCH3 is 2. The van der Waals surface area contributed by atoms with Gasteiger partial charge in [-0.25, -0.2) is 4.79 Å². The topological polar surface area (TPSA) is 110 Å². The maximum Gasteiger partial charge on any atom is 0.358 e. The monoisotopic (exact) mass is 455 g/mol. The summed E-state index contributed by atoms with van der Waals surface area (Å²) >= 11 is 1.95. The number of amides is 1. The predicted molar refractivity (Wildman–Crippen MR) is 114 cm³/mol. The van der Waals surface area contributed by atoms with E-state index in [9.17, 15) is 24.3 Å². The third-order valence-corrected chi connectivity index (χ3v) is 6.82.